The average molecular weight is 291 g/mol. The maximum atomic E-state index is 12.0. The van der Waals surface area contributed by atoms with Crippen molar-refractivity contribution in [1.82, 2.24) is 9.78 Å². The zero-order chi connectivity index (χ0) is 14.2. The molecule has 0 radical (unpaired) electrons. The normalized spacial score (nSPS) is 18.9. The maximum absolute atomic E-state index is 12.0. The molecule has 0 fully saturated rings. The van der Waals surface area contributed by atoms with E-state index in [9.17, 15) is 8.42 Å². The minimum Gasteiger partial charge on any atom is -0.272 e. The molecule has 1 atom stereocenters. The van der Waals surface area contributed by atoms with Gasteiger partial charge in [-0.1, -0.05) is 18.2 Å². The highest BCUT2D eigenvalue weighted by Crippen LogP contribution is 2.31. The standard InChI is InChI=1S/C14H17N3O2S/c1-20(18,19)17-11-12(10-16-8-4-7-15-16)9-13-5-2-3-6-14(13)17/h2-8,12H,9-11H2,1H3/t12-/m0/s1. The summed E-state index contributed by atoms with van der Waals surface area (Å²) in [5.41, 5.74) is 1.90. The molecule has 1 aromatic carbocycles. The third-order valence-corrected chi connectivity index (χ3v) is 4.74. The van der Waals surface area contributed by atoms with Gasteiger partial charge in [0.2, 0.25) is 10.0 Å². The number of nitrogens with zero attached hydrogens (tertiary/aromatic N) is 3. The highest BCUT2D eigenvalue weighted by atomic mass is 32.2. The number of hydrogen-bond acceptors (Lipinski definition) is 3. The van der Waals surface area contributed by atoms with Gasteiger partial charge in [-0.25, -0.2) is 8.42 Å². The highest BCUT2D eigenvalue weighted by molar-refractivity contribution is 7.92. The van der Waals surface area contributed by atoms with E-state index in [2.05, 4.69) is 5.10 Å². The summed E-state index contributed by atoms with van der Waals surface area (Å²) in [5, 5.41) is 4.20. The first-order valence-corrected chi connectivity index (χ1v) is 8.42. The zero-order valence-corrected chi connectivity index (χ0v) is 12.1. The quantitative estimate of drug-likeness (QED) is 0.861. The lowest BCUT2D eigenvalue weighted by Gasteiger charge is -2.34. The summed E-state index contributed by atoms with van der Waals surface area (Å²) in [6.45, 7) is 1.24. The largest absolute Gasteiger partial charge is 0.272 e. The van der Waals surface area contributed by atoms with Crippen molar-refractivity contribution < 1.29 is 8.42 Å². The molecule has 0 spiro atoms. The summed E-state index contributed by atoms with van der Waals surface area (Å²) in [5.74, 6) is 0.236. The molecule has 1 aromatic heterocycles. The molecule has 20 heavy (non-hydrogen) atoms. The minimum atomic E-state index is -3.25. The van der Waals surface area contributed by atoms with Crippen LogP contribution in [0.25, 0.3) is 0 Å². The van der Waals surface area contributed by atoms with Gasteiger partial charge in [0.25, 0.3) is 0 Å². The molecule has 3 rings (SSSR count). The van der Waals surface area contributed by atoms with E-state index in [0.29, 0.717) is 6.54 Å². The highest BCUT2D eigenvalue weighted by Gasteiger charge is 2.29. The second-order valence-corrected chi connectivity index (χ2v) is 7.13. The Labute approximate surface area is 118 Å². The van der Waals surface area contributed by atoms with E-state index in [1.165, 1.54) is 10.6 Å². The summed E-state index contributed by atoms with van der Waals surface area (Å²) in [6, 6.07) is 9.59. The van der Waals surface area contributed by atoms with Crippen molar-refractivity contribution in [2.24, 2.45) is 5.92 Å². The molecule has 106 valence electrons. The lowest BCUT2D eigenvalue weighted by atomic mass is 9.94. The Morgan fingerprint density at radius 1 is 1.30 bits per heavy atom. The van der Waals surface area contributed by atoms with E-state index in [0.717, 1.165) is 24.2 Å². The van der Waals surface area contributed by atoms with Crippen LogP contribution in [0.2, 0.25) is 0 Å². The Kier molecular flexibility index (Phi) is 3.25. The Balaban J connectivity index is 1.92. The van der Waals surface area contributed by atoms with Gasteiger partial charge in [0.05, 0.1) is 11.9 Å². The van der Waals surface area contributed by atoms with Crippen LogP contribution in [0, 0.1) is 5.92 Å². The van der Waals surface area contributed by atoms with Gasteiger partial charge < -0.3 is 0 Å². The molecule has 0 bridgehead atoms. The van der Waals surface area contributed by atoms with Gasteiger partial charge in [0.1, 0.15) is 0 Å². The fourth-order valence-corrected chi connectivity index (χ4v) is 3.76. The van der Waals surface area contributed by atoms with Crippen LogP contribution < -0.4 is 4.31 Å². The Bertz CT molecular complexity index is 695. The van der Waals surface area contributed by atoms with Crippen molar-refractivity contribution in [3.8, 4) is 0 Å². The summed E-state index contributed by atoms with van der Waals surface area (Å²) in [4.78, 5) is 0. The third kappa shape index (κ3) is 2.56. The number of para-hydroxylation sites is 1. The molecule has 0 unspecified atom stereocenters. The van der Waals surface area contributed by atoms with Gasteiger partial charge >= 0.3 is 0 Å². The fraction of sp³-hybridized carbons (Fsp3) is 0.357. The van der Waals surface area contributed by atoms with Crippen molar-refractivity contribution >= 4 is 15.7 Å². The summed E-state index contributed by atoms with van der Waals surface area (Å²) in [7, 11) is -3.25. The van der Waals surface area contributed by atoms with E-state index in [-0.39, 0.29) is 5.92 Å². The molecular weight excluding hydrogens is 274 g/mol. The van der Waals surface area contributed by atoms with E-state index >= 15 is 0 Å². The molecule has 0 N–H and O–H groups in total. The van der Waals surface area contributed by atoms with Crippen LogP contribution in [0.5, 0.6) is 0 Å². The molecule has 2 heterocycles. The molecule has 0 aliphatic carbocycles. The number of sulfonamides is 1. The van der Waals surface area contributed by atoms with E-state index in [1.807, 2.05) is 41.2 Å². The lowest BCUT2D eigenvalue weighted by molar-refractivity contribution is 0.413. The molecule has 1 aliphatic heterocycles. The zero-order valence-electron chi connectivity index (χ0n) is 11.3. The molecule has 5 nitrogen and oxygen atoms in total. The first-order valence-electron chi connectivity index (χ1n) is 6.57. The van der Waals surface area contributed by atoms with Crippen molar-refractivity contribution in [3.05, 3.63) is 48.3 Å². The van der Waals surface area contributed by atoms with E-state index < -0.39 is 10.0 Å². The number of rotatable bonds is 3. The van der Waals surface area contributed by atoms with Crippen LogP contribution in [0.4, 0.5) is 5.69 Å². The topological polar surface area (TPSA) is 55.2 Å². The maximum Gasteiger partial charge on any atom is 0.232 e. The fourth-order valence-electron chi connectivity index (χ4n) is 2.74. The van der Waals surface area contributed by atoms with Crippen LogP contribution in [0.3, 0.4) is 0 Å². The van der Waals surface area contributed by atoms with Crippen molar-refractivity contribution in [3.63, 3.8) is 0 Å². The van der Waals surface area contributed by atoms with Gasteiger partial charge in [-0.15, -0.1) is 0 Å². The number of fused-ring (bicyclic) bond motifs is 1. The Morgan fingerprint density at radius 3 is 2.80 bits per heavy atom. The smallest absolute Gasteiger partial charge is 0.232 e. The molecule has 0 amide bonds. The average Bonchev–Trinajstić information content (AvgIpc) is 2.89. The molecule has 2 aromatic rings. The second-order valence-electron chi connectivity index (χ2n) is 5.22. The number of aromatic nitrogens is 2. The molecular formula is C14H17N3O2S. The minimum absolute atomic E-state index is 0.236. The van der Waals surface area contributed by atoms with Crippen LogP contribution in [-0.2, 0) is 23.0 Å². The van der Waals surface area contributed by atoms with Gasteiger partial charge in [0.15, 0.2) is 0 Å². The van der Waals surface area contributed by atoms with Gasteiger partial charge in [-0.05, 0) is 24.1 Å². The van der Waals surface area contributed by atoms with Crippen molar-refractivity contribution in [1.29, 1.82) is 0 Å². The number of hydrogen-bond donors (Lipinski definition) is 0. The Morgan fingerprint density at radius 2 is 2.10 bits per heavy atom. The SMILES string of the molecule is CS(=O)(=O)N1C[C@H](Cn2cccn2)Cc2ccccc21. The summed E-state index contributed by atoms with van der Waals surface area (Å²) in [6.07, 6.45) is 5.79. The second kappa shape index (κ2) is 4.94. The number of benzene rings is 1. The first-order chi connectivity index (χ1) is 9.54. The lowest BCUT2D eigenvalue weighted by Crippen LogP contribution is -2.40. The van der Waals surface area contributed by atoms with E-state index in [4.69, 9.17) is 0 Å². The van der Waals surface area contributed by atoms with Crippen molar-refractivity contribution in [2.45, 2.75) is 13.0 Å². The predicted molar refractivity (Wildman–Crippen MR) is 78.1 cm³/mol. The van der Waals surface area contributed by atoms with Crippen molar-refractivity contribution in [2.75, 3.05) is 17.1 Å². The van der Waals surface area contributed by atoms with Crippen LogP contribution in [-0.4, -0.2) is 31.0 Å². The van der Waals surface area contributed by atoms with Gasteiger partial charge in [0, 0.05) is 31.4 Å². The monoisotopic (exact) mass is 291 g/mol. The molecule has 0 saturated carbocycles. The predicted octanol–water partition coefficient (Wildman–Crippen LogP) is 1.52. The molecule has 6 heteroatoms. The van der Waals surface area contributed by atoms with E-state index in [1.54, 1.807) is 6.20 Å². The third-order valence-electron chi connectivity index (χ3n) is 3.60. The molecule has 1 aliphatic rings. The van der Waals surface area contributed by atoms with Crippen LogP contribution in [0.15, 0.2) is 42.7 Å². The van der Waals surface area contributed by atoms with Crippen LogP contribution >= 0.6 is 0 Å². The first kappa shape index (κ1) is 13.2. The summed E-state index contributed by atoms with van der Waals surface area (Å²) < 4.78 is 27.4. The number of anilines is 1. The van der Waals surface area contributed by atoms with Gasteiger partial charge in [-0.3, -0.25) is 8.99 Å². The summed E-state index contributed by atoms with van der Waals surface area (Å²) >= 11 is 0. The van der Waals surface area contributed by atoms with Gasteiger partial charge in [-0.2, -0.15) is 5.10 Å². The molecule has 0 saturated heterocycles. The van der Waals surface area contributed by atoms with Crippen LogP contribution in [0.1, 0.15) is 5.56 Å². The Hall–Kier alpha value is -1.82.